The molecule has 2 rings (SSSR count). The van der Waals surface area contributed by atoms with Crippen LogP contribution in [0.5, 0.6) is 0 Å². The number of likely N-dealkylation sites (N-methyl/N-ethyl adjacent to an activating group) is 1. The standard InChI is InChI=1S/C15H23N3O/c1-11-4-5-14(12(2)8-11)15(19)18-7-6-17(3)10-13(18)9-16/h4-5,8,13H,6-7,9-10,16H2,1-3H3. The van der Waals surface area contributed by atoms with Crippen molar-refractivity contribution in [3.05, 3.63) is 34.9 Å². The van der Waals surface area contributed by atoms with Gasteiger partial charge in [0.2, 0.25) is 0 Å². The van der Waals surface area contributed by atoms with Crippen LogP contribution in [-0.2, 0) is 0 Å². The van der Waals surface area contributed by atoms with Crippen molar-refractivity contribution in [1.29, 1.82) is 0 Å². The quantitative estimate of drug-likeness (QED) is 0.864. The van der Waals surface area contributed by atoms with Gasteiger partial charge < -0.3 is 15.5 Å². The number of nitrogens with two attached hydrogens (primary N) is 1. The summed E-state index contributed by atoms with van der Waals surface area (Å²) in [6.07, 6.45) is 0. The van der Waals surface area contributed by atoms with Crippen molar-refractivity contribution in [3.8, 4) is 0 Å². The molecule has 0 saturated carbocycles. The van der Waals surface area contributed by atoms with Gasteiger partial charge in [-0.3, -0.25) is 4.79 Å². The van der Waals surface area contributed by atoms with Crippen molar-refractivity contribution >= 4 is 5.91 Å². The van der Waals surface area contributed by atoms with Crippen LogP contribution >= 0.6 is 0 Å². The Morgan fingerprint density at radius 1 is 1.37 bits per heavy atom. The maximum Gasteiger partial charge on any atom is 0.254 e. The van der Waals surface area contributed by atoms with E-state index in [4.69, 9.17) is 5.73 Å². The van der Waals surface area contributed by atoms with Crippen LogP contribution < -0.4 is 5.73 Å². The number of piperazine rings is 1. The topological polar surface area (TPSA) is 49.6 Å². The lowest BCUT2D eigenvalue weighted by Crippen LogP contribution is -2.56. The number of rotatable bonds is 2. The van der Waals surface area contributed by atoms with Crippen molar-refractivity contribution in [1.82, 2.24) is 9.80 Å². The second kappa shape index (κ2) is 5.72. The van der Waals surface area contributed by atoms with E-state index in [9.17, 15) is 4.79 Å². The van der Waals surface area contributed by atoms with Crippen LogP contribution in [0.25, 0.3) is 0 Å². The van der Waals surface area contributed by atoms with Crippen molar-refractivity contribution < 1.29 is 4.79 Å². The Hall–Kier alpha value is -1.39. The zero-order valence-corrected chi connectivity index (χ0v) is 12.0. The number of amides is 1. The fourth-order valence-corrected chi connectivity index (χ4v) is 2.69. The first kappa shape index (κ1) is 14.0. The Labute approximate surface area is 115 Å². The highest BCUT2D eigenvalue weighted by Gasteiger charge is 2.29. The number of benzene rings is 1. The van der Waals surface area contributed by atoms with E-state index in [1.807, 2.05) is 30.9 Å². The van der Waals surface area contributed by atoms with Gasteiger partial charge >= 0.3 is 0 Å². The van der Waals surface area contributed by atoms with Gasteiger partial charge in [-0.05, 0) is 32.5 Å². The molecule has 104 valence electrons. The molecular formula is C15H23N3O. The van der Waals surface area contributed by atoms with E-state index in [2.05, 4.69) is 18.0 Å². The normalized spacial score (nSPS) is 20.6. The lowest BCUT2D eigenvalue weighted by atomic mass is 10.0. The molecular weight excluding hydrogens is 238 g/mol. The molecule has 0 aliphatic carbocycles. The third-order valence-electron chi connectivity index (χ3n) is 3.83. The molecule has 4 heteroatoms. The van der Waals surface area contributed by atoms with Gasteiger partial charge in [0, 0.05) is 31.7 Å². The number of carbonyl (C=O) groups is 1. The highest BCUT2D eigenvalue weighted by molar-refractivity contribution is 5.96. The van der Waals surface area contributed by atoms with E-state index in [0.29, 0.717) is 6.54 Å². The summed E-state index contributed by atoms with van der Waals surface area (Å²) in [6, 6.07) is 6.10. The van der Waals surface area contributed by atoms with Crippen LogP contribution in [0.2, 0.25) is 0 Å². The largest absolute Gasteiger partial charge is 0.332 e. The number of hydrogen-bond donors (Lipinski definition) is 1. The molecule has 1 aliphatic heterocycles. The Kier molecular flexibility index (Phi) is 4.22. The summed E-state index contributed by atoms with van der Waals surface area (Å²) in [4.78, 5) is 16.8. The Balaban J connectivity index is 2.22. The molecule has 19 heavy (non-hydrogen) atoms. The lowest BCUT2D eigenvalue weighted by Gasteiger charge is -2.39. The number of aryl methyl sites for hydroxylation is 2. The van der Waals surface area contributed by atoms with E-state index in [-0.39, 0.29) is 11.9 Å². The molecule has 1 atom stereocenters. The zero-order valence-electron chi connectivity index (χ0n) is 12.0. The summed E-state index contributed by atoms with van der Waals surface area (Å²) in [6.45, 7) is 7.07. The van der Waals surface area contributed by atoms with Gasteiger partial charge in [0.25, 0.3) is 5.91 Å². The molecule has 0 bridgehead atoms. The van der Waals surface area contributed by atoms with E-state index in [0.717, 1.165) is 30.8 Å². The minimum absolute atomic E-state index is 0.112. The van der Waals surface area contributed by atoms with Crippen LogP contribution in [0.3, 0.4) is 0 Å². The van der Waals surface area contributed by atoms with Crippen LogP contribution in [0.4, 0.5) is 0 Å². The van der Waals surface area contributed by atoms with E-state index in [1.165, 1.54) is 5.56 Å². The molecule has 1 saturated heterocycles. The van der Waals surface area contributed by atoms with Crippen molar-refractivity contribution in [2.24, 2.45) is 5.73 Å². The number of hydrogen-bond acceptors (Lipinski definition) is 3. The van der Waals surface area contributed by atoms with Gasteiger partial charge in [-0.2, -0.15) is 0 Å². The van der Waals surface area contributed by atoms with E-state index in [1.54, 1.807) is 0 Å². The van der Waals surface area contributed by atoms with E-state index >= 15 is 0 Å². The van der Waals surface area contributed by atoms with E-state index < -0.39 is 0 Å². The number of nitrogens with zero attached hydrogens (tertiary/aromatic N) is 2. The number of carbonyl (C=O) groups excluding carboxylic acids is 1. The molecule has 1 aromatic rings. The third kappa shape index (κ3) is 2.96. The molecule has 1 unspecified atom stereocenters. The van der Waals surface area contributed by atoms with Gasteiger partial charge in [0.05, 0.1) is 6.04 Å². The van der Waals surface area contributed by atoms with Crippen molar-refractivity contribution in [2.75, 3.05) is 33.2 Å². The summed E-state index contributed by atoms with van der Waals surface area (Å²) in [5.41, 5.74) is 8.84. The summed E-state index contributed by atoms with van der Waals surface area (Å²) in [5, 5.41) is 0. The molecule has 4 nitrogen and oxygen atoms in total. The highest BCUT2D eigenvalue weighted by atomic mass is 16.2. The second-order valence-corrected chi connectivity index (χ2v) is 5.47. The van der Waals surface area contributed by atoms with Gasteiger partial charge in [0.1, 0.15) is 0 Å². The maximum absolute atomic E-state index is 12.7. The Morgan fingerprint density at radius 2 is 2.11 bits per heavy atom. The SMILES string of the molecule is Cc1ccc(C(=O)N2CCN(C)CC2CN)c(C)c1. The predicted octanol–water partition coefficient (Wildman–Crippen LogP) is 1.02. The van der Waals surface area contributed by atoms with Crippen LogP contribution in [0, 0.1) is 13.8 Å². The molecule has 0 spiro atoms. The fraction of sp³-hybridized carbons (Fsp3) is 0.533. The van der Waals surface area contributed by atoms with Crippen LogP contribution in [0.15, 0.2) is 18.2 Å². The minimum atomic E-state index is 0.112. The minimum Gasteiger partial charge on any atom is -0.332 e. The zero-order chi connectivity index (χ0) is 14.0. The molecule has 0 radical (unpaired) electrons. The molecule has 1 heterocycles. The predicted molar refractivity (Wildman–Crippen MR) is 77.3 cm³/mol. The van der Waals surface area contributed by atoms with Crippen LogP contribution in [-0.4, -0.2) is 55.0 Å². The Morgan fingerprint density at radius 3 is 2.74 bits per heavy atom. The average molecular weight is 261 g/mol. The van der Waals surface area contributed by atoms with Gasteiger partial charge in [-0.15, -0.1) is 0 Å². The molecule has 1 aromatic carbocycles. The third-order valence-corrected chi connectivity index (χ3v) is 3.83. The van der Waals surface area contributed by atoms with Gasteiger partial charge in [-0.1, -0.05) is 17.7 Å². The summed E-state index contributed by atoms with van der Waals surface area (Å²) in [7, 11) is 2.07. The van der Waals surface area contributed by atoms with Crippen molar-refractivity contribution in [3.63, 3.8) is 0 Å². The summed E-state index contributed by atoms with van der Waals surface area (Å²) in [5.74, 6) is 0.112. The first-order valence-corrected chi connectivity index (χ1v) is 6.79. The fourth-order valence-electron chi connectivity index (χ4n) is 2.69. The Bertz CT molecular complexity index is 472. The molecule has 1 fully saturated rings. The van der Waals surface area contributed by atoms with Gasteiger partial charge in [-0.25, -0.2) is 0 Å². The second-order valence-electron chi connectivity index (χ2n) is 5.47. The molecule has 2 N–H and O–H groups in total. The molecule has 1 amide bonds. The molecule has 1 aliphatic rings. The first-order valence-electron chi connectivity index (χ1n) is 6.79. The van der Waals surface area contributed by atoms with Gasteiger partial charge in [0.15, 0.2) is 0 Å². The summed E-state index contributed by atoms with van der Waals surface area (Å²) >= 11 is 0. The smallest absolute Gasteiger partial charge is 0.254 e. The van der Waals surface area contributed by atoms with Crippen LogP contribution in [0.1, 0.15) is 21.5 Å². The van der Waals surface area contributed by atoms with Crippen molar-refractivity contribution in [2.45, 2.75) is 19.9 Å². The average Bonchev–Trinajstić information content (AvgIpc) is 2.37. The first-order chi connectivity index (χ1) is 9.02. The monoisotopic (exact) mass is 261 g/mol. The highest BCUT2D eigenvalue weighted by Crippen LogP contribution is 2.17. The summed E-state index contributed by atoms with van der Waals surface area (Å²) < 4.78 is 0. The lowest BCUT2D eigenvalue weighted by molar-refractivity contribution is 0.0515. The molecule has 0 aromatic heterocycles. The maximum atomic E-state index is 12.7.